The fourth-order valence-corrected chi connectivity index (χ4v) is 4.55. The minimum Gasteiger partial charge on any atom is -0.479 e. The number of thiocarbonyl (C=S) groups is 1. The monoisotopic (exact) mass is 494 g/mol. The Bertz CT molecular complexity index is 285. The van der Waals surface area contributed by atoms with Gasteiger partial charge in [0.05, 0.1) is 6.61 Å². The van der Waals surface area contributed by atoms with Gasteiger partial charge in [-0.05, 0) is 25.1 Å². The summed E-state index contributed by atoms with van der Waals surface area (Å²) in [5.74, 6) is 1.13. The molecule has 0 unspecified atom stereocenters. The molecular formula is C25H50OS2Zn. The van der Waals surface area contributed by atoms with Crippen LogP contribution in [0.1, 0.15) is 142 Å². The fourth-order valence-electron chi connectivity index (χ4n) is 3.53. The van der Waals surface area contributed by atoms with Crippen LogP contribution in [-0.2, 0) is 24.2 Å². The predicted octanol–water partition coefficient (Wildman–Crippen LogP) is 9.86. The molecule has 0 atom stereocenters. The molecule has 29 heavy (non-hydrogen) atoms. The molecule has 0 bridgehead atoms. The van der Waals surface area contributed by atoms with E-state index in [-0.39, 0.29) is 19.5 Å². The van der Waals surface area contributed by atoms with Crippen molar-refractivity contribution < 1.29 is 24.2 Å². The van der Waals surface area contributed by atoms with Crippen LogP contribution in [-0.4, -0.2) is 16.7 Å². The normalized spacial score (nSPS) is 10.7. The molecule has 0 spiro atoms. The number of hydrogen-bond acceptors (Lipinski definition) is 3. The second-order valence-corrected chi connectivity index (χ2v) is 10.0. The van der Waals surface area contributed by atoms with Crippen molar-refractivity contribution in [2.75, 3.05) is 12.4 Å². The number of unbranched alkanes of at least 4 members (excludes halogenated alkanes) is 18. The minimum atomic E-state index is 0. The zero-order valence-electron chi connectivity index (χ0n) is 20.0. The van der Waals surface area contributed by atoms with Crippen LogP contribution in [0.3, 0.4) is 0 Å². The van der Waals surface area contributed by atoms with Crippen LogP contribution in [0, 0.1) is 0 Å². The van der Waals surface area contributed by atoms with Crippen LogP contribution in [0.5, 0.6) is 0 Å². The van der Waals surface area contributed by atoms with Gasteiger partial charge in [0.15, 0.2) is 0 Å². The molecule has 0 heterocycles. The van der Waals surface area contributed by atoms with Crippen LogP contribution >= 0.6 is 24.0 Å². The molecule has 0 rings (SSSR count). The van der Waals surface area contributed by atoms with Gasteiger partial charge in [-0.2, -0.15) is 0 Å². The quantitative estimate of drug-likeness (QED) is 0.0839. The zero-order chi connectivity index (χ0) is 20.5. The maximum absolute atomic E-state index is 5.70. The summed E-state index contributed by atoms with van der Waals surface area (Å²) in [6, 6.07) is 0. The molecular weight excluding hydrogens is 446 g/mol. The summed E-state index contributed by atoms with van der Waals surface area (Å²) in [4.78, 5) is 0. The Labute approximate surface area is 206 Å². The van der Waals surface area contributed by atoms with Crippen molar-refractivity contribution in [2.24, 2.45) is 0 Å². The Kier molecular flexibility index (Phi) is 31.9. The van der Waals surface area contributed by atoms with Crippen molar-refractivity contribution in [1.82, 2.24) is 0 Å². The van der Waals surface area contributed by atoms with Crippen molar-refractivity contribution in [1.29, 1.82) is 0 Å². The maximum Gasteiger partial charge on any atom is 0.219 e. The Balaban J connectivity index is 0. The number of hydrogen-bond donors (Lipinski definition) is 0. The molecule has 0 N–H and O–H groups in total. The van der Waals surface area contributed by atoms with E-state index in [2.05, 4.69) is 13.8 Å². The summed E-state index contributed by atoms with van der Waals surface area (Å²) >= 11 is 7.08. The van der Waals surface area contributed by atoms with Crippen molar-refractivity contribution in [3.05, 3.63) is 0 Å². The maximum atomic E-state index is 5.70. The molecule has 0 fully saturated rings. The van der Waals surface area contributed by atoms with E-state index in [1.54, 1.807) is 11.8 Å². The molecule has 0 amide bonds. The first-order valence-corrected chi connectivity index (χ1v) is 14.0. The topological polar surface area (TPSA) is 9.23 Å². The van der Waals surface area contributed by atoms with Crippen molar-refractivity contribution in [2.45, 2.75) is 142 Å². The molecule has 0 aromatic heterocycles. The van der Waals surface area contributed by atoms with Gasteiger partial charge in [0, 0.05) is 25.2 Å². The second-order valence-electron chi connectivity index (χ2n) is 8.31. The van der Waals surface area contributed by atoms with Crippen LogP contribution in [0.4, 0.5) is 0 Å². The average Bonchev–Trinajstić information content (AvgIpc) is 2.70. The van der Waals surface area contributed by atoms with Crippen molar-refractivity contribution in [3.63, 3.8) is 0 Å². The molecule has 1 nitrogen and oxygen atoms in total. The first-order chi connectivity index (χ1) is 13.8. The minimum absolute atomic E-state index is 0. The molecule has 0 aliphatic rings. The summed E-state index contributed by atoms with van der Waals surface area (Å²) in [5, 5.41) is 0. The Morgan fingerprint density at radius 2 is 0.897 bits per heavy atom. The molecule has 0 aliphatic carbocycles. The molecule has 0 saturated heterocycles. The van der Waals surface area contributed by atoms with E-state index in [9.17, 15) is 0 Å². The van der Waals surface area contributed by atoms with Gasteiger partial charge in [-0.3, -0.25) is 0 Å². The summed E-state index contributed by atoms with van der Waals surface area (Å²) in [6.07, 6.45) is 27.6. The third kappa shape index (κ3) is 28.9. The van der Waals surface area contributed by atoms with E-state index in [0.717, 1.165) is 23.2 Å². The van der Waals surface area contributed by atoms with Crippen LogP contribution in [0.15, 0.2) is 0 Å². The van der Waals surface area contributed by atoms with E-state index in [0.29, 0.717) is 0 Å². The predicted molar refractivity (Wildman–Crippen MR) is 135 cm³/mol. The fraction of sp³-hybridized carbons (Fsp3) is 0.960. The van der Waals surface area contributed by atoms with E-state index in [1.807, 2.05) is 0 Å². The van der Waals surface area contributed by atoms with Crippen LogP contribution in [0.2, 0.25) is 0 Å². The van der Waals surface area contributed by atoms with Crippen molar-refractivity contribution in [3.8, 4) is 0 Å². The number of thioether (sulfide) groups is 1. The van der Waals surface area contributed by atoms with Gasteiger partial charge >= 0.3 is 0 Å². The first kappa shape index (κ1) is 32.0. The summed E-state index contributed by atoms with van der Waals surface area (Å²) in [7, 11) is 0. The third-order valence-electron chi connectivity index (χ3n) is 5.44. The van der Waals surface area contributed by atoms with Crippen LogP contribution < -0.4 is 0 Å². The molecule has 0 aromatic rings. The third-order valence-corrected chi connectivity index (χ3v) is 6.75. The Morgan fingerprint density at radius 3 is 1.31 bits per heavy atom. The van der Waals surface area contributed by atoms with E-state index in [1.165, 1.54) is 122 Å². The number of ether oxygens (including phenoxy) is 1. The van der Waals surface area contributed by atoms with Gasteiger partial charge in [-0.1, -0.05) is 141 Å². The summed E-state index contributed by atoms with van der Waals surface area (Å²) in [6.45, 7) is 5.39. The van der Waals surface area contributed by atoms with Gasteiger partial charge in [0.1, 0.15) is 0 Å². The Hall–Kier alpha value is 0.863. The largest absolute Gasteiger partial charge is 0.479 e. The molecule has 4 heteroatoms. The molecule has 170 valence electrons. The van der Waals surface area contributed by atoms with E-state index in [4.69, 9.17) is 17.0 Å². The SMILES string of the molecule is CCCCCCCCCCCCOC(=S)SCCCCCCCCCCCC.[Zn]. The molecule has 0 radical (unpaired) electrons. The molecule has 0 aromatic carbocycles. The van der Waals surface area contributed by atoms with Crippen molar-refractivity contribution >= 4 is 28.4 Å². The number of rotatable bonds is 22. The Morgan fingerprint density at radius 1 is 0.552 bits per heavy atom. The van der Waals surface area contributed by atoms with Gasteiger partial charge in [0.25, 0.3) is 0 Å². The van der Waals surface area contributed by atoms with Crippen LogP contribution in [0.25, 0.3) is 0 Å². The second kappa shape index (κ2) is 28.9. The summed E-state index contributed by atoms with van der Waals surface area (Å²) < 4.78 is 6.47. The molecule has 0 aliphatic heterocycles. The van der Waals surface area contributed by atoms with E-state index >= 15 is 0 Å². The zero-order valence-corrected chi connectivity index (χ0v) is 24.6. The van der Waals surface area contributed by atoms with Gasteiger partial charge in [0.2, 0.25) is 4.38 Å². The van der Waals surface area contributed by atoms with Gasteiger partial charge in [-0.15, -0.1) is 0 Å². The smallest absolute Gasteiger partial charge is 0.219 e. The molecule has 0 saturated carbocycles. The van der Waals surface area contributed by atoms with E-state index < -0.39 is 0 Å². The standard InChI is InChI=1S/C25H50OS2.Zn/c1-3-5-7-9-11-13-15-17-19-21-23-26-25(27)28-24-22-20-18-16-14-12-10-8-6-4-2;/h3-24H2,1-2H3;. The first-order valence-electron chi connectivity index (χ1n) is 12.6. The van der Waals surface area contributed by atoms with Gasteiger partial charge < -0.3 is 4.74 Å². The summed E-state index contributed by atoms with van der Waals surface area (Å²) in [5.41, 5.74) is 0. The average molecular weight is 496 g/mol. The van der Waals surface area contributed by atoms with Gasteiger partial charge in [-0.25, -0.2) is 0 Å².